The number of aromatic nitrogens is 1. The van der Waals surface area contributed by atoms with E-state index < -0.39 is 0 Å². The average molecular weight is 349 g/mol. The highest BCUT2D eigenvalue weighted by Gasteiger charge is 2.06. The minimum atomic E-state index is -0.0881. The number of hydrogen-bond donors (Lipinski definition) is 1. The van der Waals surface area contributed by atoms with Crippen LogP contribution < -0.4 is 10.1 Å². The van der Waals surface area contributed by atoms with Crippen LogP contribution in [0.3, 0.4) is 0 Å². The van der Waals surface area contributed by atoms with E-state index in [1.54, 1.807) is 6.07 Å². The summed E-state index contributed by atoms with van der Waals surface area (Å²) in [4.78, 5) is 16.1. The van der Waals surface area contributed by atoms with Gasteiger partial charge in [-0.15, -0.1) is 0 Å². The lowest BCUT2D eigenvalue weighted by Crippen LogP contribution is -2.16. The van der Waals surface area contributed by atoms with E-state index in [0.29, 0.717) is 13.0 Å². The second-order valence-electron chi connectivity index (χ2n) is 4.73. The van der Waals surface area contributed by atoms with E-state index in [0.717, 1.165) is 27.3 Å². The standard InChI is InChI=1S/C16H17BrN2O2/c1-11-4-3-5-13(10-11)21-9-8-16(20)19-14-6-7-15(17)18-12(14)2/h3-7,10H,8-9H2,1-2H3,(H,19,20). The van der Waals surface area contributed by atoms with Gasteiger partial charge in [0, 0.05) is 0 Å². The van der Waals surface area contributed by atoms with Crippen LogP contribution in [0.4, 0.5) is 5.69 Å². The summed E-state index contributed by atoms with van der Waals surface area (Å²) in [7, 11) is 0. The molecule has 2 rings (SSSR count). The van der Waals surface area contributed by atoms with E-state index in [2.05, 4.69) is 26.2 Å². The number of carbonyl (C=O) groups excluding carboxylic acids is 1. The highest BCUT2D eigenvalue weighted by molar-refractivity contribution is 9.10. The summed E-state index contributed by atoms with van der Waals surface area (Å²) < 4.78 is 6.31. The maximum absolute atomic E-state index is 11.9. The summed E-state index contributed by atoms with van der Waals surface area (Å²) in [6.45, 7) is 4.20. The average Bonchev–Trinajstić information content (AvgIpc) is 2.42. The van der Waals surface area contributed by atoms with Crippen LogP contribution >= 0.6 is 15.9 Å². The Hall–Kier alpha value is -1.88. The molecule has 0 atom stereocenters. The fourth-order valence-corrected chi connectivity index (χ4v) is 2.24. The number of ether oxygens (including phenoxy) is 1. The molecule has 5 heteroatoms. The number of amides is 1. The third kappa shape index (κ3) is 4.86. The fourth-order valence-electron chi connectivity index (χ4n) is 1.84. The van der Waals surface area contributed by atoms with Gasteiger partial charge in [0.15, 0.2) is 0 Å². The molecule has 1 heterocycles. The third-order valence-corrected chi connectivity index (χ3v) is 3.35. The number of rotatable bonds is 5. The van der Waals surface area contributed by atoms with Crippen LogP contribution in [0.1, 0.15) is 17.7 Å². The smallest absolute Gasteiger partial charge is 0.227 e. The molecule has 0 aliphatic carbocycles. The fraction of sp³-hybridized carbons (Fsp3) is 0.250. The quantitative estimate of drug-likeness (QED) is 0.834. The maximum Gasteiger partial charge on any atom is 0.227 e. The van der Waals surface area contributed by atoms with Crippen LogP contribution in [0.2, 0.25) is 0 Å². The Balaban J connectivity index is 1.82. The van der Waals surface area contributed by atoms with E-state index >= 15 is 0 Å². The maximum atomic E-state index is 11.9. The molecule has 0 saturated heterocycles. The minimum absolute atomic E-state index is 0.0881. The molecule has 21 heavy (non-hydrogen) atoms. The molecule has 0 spiro atoms. The Kier molecular flexibility index (Phi) is 5.33. The van der Waals surface area contributed by atoms with Crippen LogP contribution in [0.5, 0.6) is 5.75 Å². The van der Waals surface area contributed by atoms with Crippen molar-refractivity contribution >= 4 is 27.5 Å². The van der Waals surface area contributed by atoms with Crippen molar-refractivity contribution in [2.45, 2.75) is 20.3 Å². The number of pyridine rings is 1. The van der Waals surface area contributed by atoms with Crippen molar-refractivity contribution in [3.05, 3.63) is 52.3 Å². The van der Waals surface area contributed by atoms with Crippen molar-refractivity contribution in [1.82, 2.24) is 4.98 Å². The molecule has 1 N–H and O–H groups in total. The number of nitrogens with zero attached hydrogens (tertiary/aromatic N) is 1. The van der Waals surface area contributed by atoms with Gasteiger partial charge in [0.2, 0.25) is 5.91 Å². The molecule has 1 aromatic heterocycles. The number of carbonyl (C=O) groups is 1. The number of anilines is 1. The van der Waals surface area contributed by atoms with Crippen molar-refractivity contribution in [3.8, 4) is 5.75 Å². The molecule has 1 aromatic carbocycles. The summed E-state index contributed by atoms with van der Waals surface area (Å²) in [5, 5.41) is 2.83. The van der Waals surface area contributed by atoms with E-state index in [1.807, 2.05) is 44.2 Å². The van der Waals surface area contributed by atoms with Crippen LogP contribution in [0.25, 0.3) is 0 Å². The van der Waals surface area contributed by atoms with Gasteiger partial charge in [-0.1, -0.05) is 12.1 Å². The molecule has 0 saturated carbocycles. The predicted molar refractivity (Wildman–Crippen MR) is 86.6 cm³/mol. The molecule has 1 amide bonds. The van der Waals surface area contributed by atoms with Gasteiger partial charge >= 0.3 is 0 Å². The number of nitrogens with one attached hydrogen (secondary N) is 1. The molecule has 0 bridgehead atoms. The molecule has 2 aromatic rings. The van der Waals surface area contributed by atoms with Gasteiger partial charge in [0.25, 0.3) is 0 Å². The van der Waals surface area contributed by atoms with E-state index in [1.165, 1.54) is 0 Å². The van der Waals surface area contributed by atoms with Gasteiger partial charge in [-0.3, -0.25) is 4.79 Å². The number of aryl methyl sites for hydroxylation is 2. The van der Waals surface area contributed by atoms with Crippen LogP contribution in [-0.4, -0.2) is 17.5 Å². The van der Waals surface area contributed by atoms with Crippen molar-refractivity contribution < 1.29 is 9.53 Å². The molecule has 0 fully saturated rings. The highest BCUT2D eigenvalue weighted by Crippen LogP contribution is 2.16. The van der Waals surface area contributed by atoms with Gasteiger partial charge in [-0.2, -0.15) is 0 Å². The second kappa shape index (κ2) is 7.22. The normalized spacial score (nSPS) is 10.2. The number of benzene rings is 1. The lowest BCUT2D eigenvalue weighted by molar-refractivity contribution is -0.116. The molecule has 0 radical (unpaired) electrons. The number of hydrogen-bond acceptors (Lipinski definition) is 3. The summed E-state index contributed by atoms with van der Waals surface area (Å²) in [6.07, 6.45) is 0.295. The minimum Gasteiger partial charge on any atom is -0.493 e. The Morgan fingerprint density at radius 2 is 2.10 bits per heavy atom. The van der Waals surface area contributed by atoms with Crippen molar-refractivity contribution in [2.24, 2.45) is 0 Å². The SMILES string of the molecule is Cc1cccc(OCCC(=O)Nc2ccc(Br)nc2C)c1. The molecular weight excluding hydrogens is 332 g/mol. The topological polar surface area (TPSA) is 51.2 Å². The Morgan fingerprint density at radius 1 is 1.29 bits per heavy atom. The van der Waals surface area contributed by atoms with Gasteiger partial charge in [0.1, 0.15) is 10.4 Å². The molecular formula is C16H17BrN2O2. The first-order valence-electron chi connectivity index (χ1n) is 6.67. The van der Waals surface area contributed by atoms with Crippen LogP contribution in [0.15, 0.2) is 41.0 Å². The Labute approximate surface area is 132 Å². The largest absolute Gasteiger partial charge is 0.493 e. The Bertz CT molecular complexity index is 644. The zero-order valence-corrected chi connectivity index (χ0v) is 13.6. The van der Waals surface area contributed by atoms with Gasteiger partial charge < -0.3 is 10.1 Å². The van der Waals surface area contributed by atoms with Gasteiger partial charge in [0.05, 0.1) is 24.4 Å². The lowest BCUT2D eigenvalue weighted by atomic mass is 10.2. The molecule has 0 aliphatic heterocycles. The van der Waals surface area contributed by atoms with Gasteiger partial charge in [-0.05, 0) is 59.6 Å². The molecule has 110 valence electrons. The van der Waals surface area contributed by atoms with Crippen molar-refractivity contribution in [1.29, 1.82) is 0 Å². The summed E-state index contributed by atoms with van der Waals surface area (Å²) in [5.74, 6) is 0.694. The molecule has 0 aliphatic rings. The lowest BCUT2D eigenvalue weighted by Gasteiger charge is -2.09. The monoisotopic (exact) mass is 348 g/mol. The Morgan fingerprint density at radius 3 is 2.81 bits per heavy atom. The van der Waals surface area contributed by atoms with E-state index in [9.17, 15) is 4.79 Å². The predicted octanol–water partition coefficient (Wildman–Crippen LogP) is 3.87. The summed E-state index contributed by atoms with van der Waals surface area (Å²) in [5.41, 5.74) is 2.63. The first-order chi connectivity index (χ1) is 10.0. The van der Waals surface area contributed by atoms with Crippen LogP contribution in [-0.2, 0) is 4.79 Å². The van der Waals surface area contributed by atoms with E-state index in [-0.39, 0.29) is 5.91 Å². The molecule has 4 nitrogen and oxygen atoms in total. The molecule has 0 unspecified atom stereocenters. The van der Waals surface area contributed by atoms with Crippen molar-refractivity contribution in [3.63, 3.8) is 0 Å². The zero-order chi connectivity index (χ0) is 15.2. The van der Waals surface area contributed by atoms with Crippen LogP contribution in [0, 0.1) is 13.8 Å². The second-order valence-corrected chi connectivity index (χ2v) is 5.54. The number of halogens is 1. The summed E-state index contributed by atoms with van der Waals surface area (Å²) >= 11 is 3.29. The van der Waals surface area contributed by atoms with Crippen molar-refractivity contribution in [2.75, 3.05) is 11.9 Å². The summed E-state index contributed by atoms with van der Waals surface area (Å²) in [6, 6.07) is 11.4. The first-order valence-corrected chi connectivity index (χ1v) is 7.46. The third-order valence-electron chi connectivity index (χ3n) is 2.91. The van der Waals surface area contributed by atoms with E-state index in [4.69, 9.17) is 4.74 Å². The highest BCUT2D eigenvalue weighted by atomic mass is 79.9. The van der Waals surface area contributed by atoms with Gasteiger partial charge in [-0.25, -0.2) is 4.98 Å². The zero-order valence-electron chi connectivity index (χ0n) is 12.0. The first kappa shape index (κ1) is 15.5.